The maximum absolute atomic E-state index is 12.2. The molecule has 2 aromatic rings. The van der Waals surface area contributed by atoms with E-state index < -0.39 is 0 Å². The number of carbonyl (C=O) groups excluding carboxylic acids is 1. The fourth-order valence-electron chi connectivity index (χ4n) is 4.41. The zero-order valence-electron chi connectivity index (χ0n) is 18.1. The lowest BCUT2D eigenvalue weighted by molar-refractivity contribution is -0.130. The van der Waals surface area contributed by atoms with Gasteiger partial charge in [-0.25, -0.2) is 0 Å². The Morgan fingerprint density at radius 1 is 1.00 bits per heavy atom. The Balaban J connectivity index is 1.36. The molecule has 0 atom stereocenters. The second kappa shape index (κ2) is 8.38. The standard InChI is InChI=1S/C22H34N6O/c1-22(2,3)18-8-9-19-23-24-21(28(19)25-18)17-10-13-26(14-11-17)15-16-27-12-6-4-5-7-20(27)29/h8-9,17H,4-7,10-16H2,1-3H3. The zero-order chi connectivity index (χ0) is 20.4. The first-order valence-corrected chi connectivity index (χ1v) is 11.1. The Morgan fingerprint density at radius 2 is 1.79 bits per heavy atom. The van der Waals surface area contributed by atoms with Gasteiger partial charge in [0.05, 0.1) is 5.69 Å². The highest BCUT2D eigenvalue weighted by molar-refractivity contribution is 5.76. The van der Waals surface area contributed by atoms with Gasteiger partial charge in [0.25, 0.3) is 0 Å². The summed E-state index contributed by atoms with van der Waals surface area (Å²) in [5, 5.41) is 13.7. The molecular formula is C22H34N6O. The van der Waals surface area contributed by atoms with Crippen LogP contribution in [0, 0.1) is 0 Å². The molecule has 7 nitrogen and oxygen atoms in total. The number of nitrogens with zero attached hydrogens (tertiary/aromatic N) is 6. The SMILES string of the molecule is CC(C)(C)c1ccc2nnc(C3CCN(CCN4CCCCCC4=O)CC3)n2n1. The van der Waals surface area contributed by atoms with Crippen molar-refractivity contribution in [2.75, 3.05) is 32.7 Å². The number of amides is 1. The largest absolute Gasteiger partial charge is 0.341 e. The molecule has 7 heteroatoms. The van der Waals surface area contributed by atoms with E-state index in [9.17, 15) is 4.79 Å². The summed E-state index contributed by atoms with van der Waals surface area (Å²) in [5.41, 5.74) is 1.89. The Morgan fingerprint density at radius 3 is 2.55 bits per heavy atom. The van der Waals surface area contributed by atoms with Crippen molar-refractivity contribution in [3.8, 4) is 0 Å². The average Bonchev–Trinajstić information content (AvgIpc) is 3.02. The number of hydrogen-bond acceptors (Lipinski definition) is 5. The zero-order valence-corrected chi connectivity index (χ0v) is 18.1. The summed E-state index contributed by atoms with van der Waals surface area (Å²) in [6.45, 7) is 11.4. The molecule has 2 aliphatic heterocycles. The predicted octanol–water partition coefficient (Wildman–Crippen LogP) is 3.00. The van der Waals surface area contributed by atoms with Crippen molar-refractivity contribution in [1.29, 1.82) is 0 Å². The fraction of sp³-hybridized carbons (Fsp3) is 0.727. The third-order valence-corrected chi connectivity index (χ3v) is 6.37. The van der Waals surface area contributed by atoms with Crippen LogP contribution in [0.25, 0.3) is 5.65 Å². The van der Waals surface area contributed by atoms with Crippen LogP contribution in [-0.4, -0.2) is 68.2 Å². The molecule has 0 aromatic carbocycles. The van der Waals surface area contributed by atoms with E-state index in [2.05, 4.69) is 46.8 Å². The monoisotopic (exact) mass is 398 g/mol. The normalized spacial score (nSPS) is 20.4. The van der Waals surface area contributed by atoms with Crippen LogP contribution in [0.1, 0.15) is 76.7 Å². The highest BCUT2D eigenvalue weighted by Gasteiger charge is 2.27. The maximum atomic E-state index is 12.2. The van der Waals surface area contributed by atoms with Gasteiger partial charge >= 0.3 is 0 Å². The number of aromatic nitrogens is 4. The van der Waals surface area contributed by atoms with Gasteiger partial charge in [-0.15, -0.1) is 10.2 Å². The van der Waals surface area contributed by atoms with Crippen molar-refractivity contribution in [3.63, 3.8) is 0 Å². The number of carbonyl (C=O) groups is 1. The topological polar surface area (TPSA) is 66.6 Å². The molecule has 4 heterocycles. The summed E-state index contributed by atoms with van der Waals surface area (Å²) in [5.74, 6) is 1.73. The van der Waals surface area contributed by atoms with E-state index in [4.69, 9.17) is 5.10 Å². The Labute approximate surface area is 173 Å². The molecule has 29 heavy (non-hydrogen) atoms. The molecule has 0 unspecified atom stereocenters. The number of piperidine rings is 1. The summed E-state index contributed by atoms with van der Waals surface area (Å²) < 4.78 is 1.96. The van der Waals surface area contributed by atoms with E-state index in [1.54, 1.807) is 0 Å². The van der Waals surface area contributed by atoms with Gasteiger partial charge in [-0.1, -0.05) is 27.2 Å². The summed E-state index contributed by atoms with van der Waals surface area (Å²) in [6.07, 6.45) is 6.25. The lowest BCUT2D eigenvalue weighted by Gasteiger charge is -2.32. The molecule has 158 valence electrons. The van der Waals surface area contributed by atoms with Gasteiger partial charge in [0, 0.05) is 37.4 Å². The molecule has 1 amide bonds. The number of rotatable bonds is 4. The molecule has 2 saturated heterocycles. The van der Waals surface area contributed by atoms with Crippen LogP contribution in [0.2, 0.25) is 0 Å². The van der Waals surface area contributed by atoms with Crippen molar-refractivity contribution < 1.29 is 4.79 Å². The molecule has 0 spiro atoms. The molecule has 2 aromatic heterocycles. The summed E-state index contributed by atoms with van der Waals surface area (Å²) >= 11 is 0. The first kappa shape index (κ1) is 20.3. The second-order valence-corrected chi connectivity index (χ2v) is 9.60. The van der Waals surface area contributed by atoms with E-state index in [1.165, 1.54) is 6.42 Å². The van der Waals surface area contributed by atoms with E-state index >= 15 is 0 Å². The van der Waals surface area contributed by atoms with Crippen LogP contribution in [0.5, 0.6) is 0 Å². The van der Waals surface area contributed by atoms with Gasteiger partial charge in [-0.05, 0) is 50.9 Å². The van der Waals surface area contributed by atoms with Gasteiger partial charge in [-0.2, -0.15) is 9.61 Å². The average molecular weight is 399 g/mol. The molecular weight excluding hydrogens is 364 g/mol. The van der Waals surface area contributed by atoms with Crippen LogP contribution in [0.15, 0.2) is 12.1 Å². The minimum Gasteiger partial charge on any atom is -0.341 e. The molecule has 0 aliphatic carbocycles. The van der Waals surface area contributed by atoms with Gasteiger partial charge in [0.15, 0.2) is 11.5 Å². The Bertz CT molecular complexity index is 847. The molecule has 0 saturated carbocycles. The maximum Gasteiger partial charge on any atom is 0.222 e. The van der Waals surface area contributed by atoms with Gasteiger partial charge in [0.1, 0.15) is 0 Å². The quantitative estimate of drug-likeness (QED) is 0.792. The number of likely N-dealkylation sites (tertiary alicyclic amines) is 2. The Hall–Kier alpha value is -2.02. The van der Waals surface area contributed by atoms with Crippen molar-refractivity contribution >= 4 is 11.6 Å². The first-order chi connectivity index (χ1) is 13.9. The van der Waals surface area contributed by atoms with Gasteiger partial charge in [0.2, 0.25) is 5.91 Å². The molecule has 0 bridgehead atoms. The minimum absolute atomic E-state index is 0.00383. The van der Waals surface area contributed by atoms with Crippen LogP contribution in [0.4, 0.5) is 0 Å². The van der Waals surface area contributed by atoms with Gasteiger partial charge in [-0.3, -0.25) is 4.79 Å². The van der Waals surface area contributed by atoms with Crippen molar-refractivity contribution in [2.24, 2.45) is 0 Å². The van der Waals surface area contributed by atoms with E-state index in [1.807, 2.05) is 10.6 Å². The van der Waals surface area contributed by atoms with Crippen LogP contribution >= 0.6 is 0 Å². The lowest BCUT2D eigenvalue weighted by atomic mass is 9.92. The molecule has 0 radical (unpaired) electrons. The van der Waals surface area contributed by atoms with Crippen molar-refractivity contribution in [3.05, 3.63) is 23.7 Å². The smallest absolute Gasteiger partial charge is 0.222 e. The molecule has 0 N–H and O–H groups in total. The lowest BCUT2D eigenvalue weighted by Crippen LogP contribution is -2.41. The summed E-state index contributed by atoms with van der Waals surface area (Å²) in [4.78, 5) is 16.8. The molecule has 2 aliphatic rings. The summed E-state index contributed by atoms with van der Waals surface area (Å²) in [6, 6.07) is 4.08. The fourth-order valence-corrected chi connectivity index (χ4v) is 4.41. The number of fused-ring (bicyclic) bond motifs is 1. The highest BCUT2D eigenvalue weighted by Crippen LogP contribution is 2.28. The van der Waals surface area contributed by atoms with Crippen LogP contribution in [0.3, 0.4) is 0 Å². The van der Waals surface area contributed by atoms with Crippen LogP contribution < -0.4 is 0 Å². The van der Waals surface area contributed by atoms with Gasteiger partial charge < -0.3 is 9.80 Å². The van der Waals surface area contributed by atoms with E-state index in [0.29, 0.717) is 11.8 Å². The third-order valence-electron chi connectivity index (χ3n) is 6.37. The van der Waals surface area contributed by atoms with Crippen molar-refractivity contribution in [1.82, 2.24) is 29.6 Å². The molecule has 2 fully saturated rings. The highest BCUT2D eigenvalue weighted by atomic mass is 16.2. The first-order valence-electron chi connectivity index (χ1n) is 11.1. The minimum atomic E-state index is 0.00383. The third kappa shape index (κ3) is 4.60. The summed E-state index contributed by atoms with van der Waals surface area (Å²) in [7, 11) is 0. The second-order valence-electron chi connectivity index (χ2n) is 9.60. The van der Waals surface area contributed by atoms with E-state index in [-0.39, 0.29) is 5.41 Å². The predicted molar refractivity (Wildman–Crippen MR) is 113 cm³/mol. The van der Waals surface area contributed by atoms with Crippen LogP contribution in [-0.2, 0) is 10.2 Å². The van der Waals surface area contributed by atoms with Crippen molar-refractivity contribution in [2.45, 2.75) is 70.6 Å². The molecule has 4 rings (SSSR count). The number of hydrogen-bond donors (Lipinski definition) is 0. The Kier molecular flexibility index (Phi) is 5.86. The van der Waals surface area contributed by atoms with E-state index in [0.717, 1.165) is 82.0 Å².